The van der Waals surface area contributed by atoms with Crippen molar-refractivity contribution < 1.29 is 24.2 Å². The van der Waals surface area contributed by atoms with Gasteiger partial charge in [-0.3, -0.25) is 14.5 Å². The van der Waals surface area contributed by atoms with Crippen molar-refractivity contribution in [2.45, 2.75) is 12.0 Å². The second kappa shape index (κ2) is 6.97. The smallest absolute Gasteiger partial charge is 0.265 e. The fraction of sp³-hybridized carbons (Fsp3) is 0.238. The van der Waals surface area contributed by atoms with Crippen LogP contribution in [0.3, 0.4) is 0 Å². The van der Waals surface area contributed by atoms with Crippen LogP contribution in [-0.2, 0) is 10.4 Å². The van der Waals surface area contributed by atoms with Gasteiger partial charge in [-0.25, -0.2) is 0 Å². The Morgan fingerprint density at radius 3 is 2.71 bits per heavy atom. The molecule has 28 heavy (non-hydrogen) atoms. The molecule has 0 aliphatic carbocycles. The Balaban J connectivity index is 1.69. The van der Waals surface area contributed by atoms with Crippen LogP contribution in [0.25, 0.3) is 0 Å². The lowest BCUT2D eigenvalue weighted by Crippen LogP contribution is -2.42. The molecule has 0 bridgehead atoms. The summed E-state index contributed by atoms with van der Waals surface area (Å²) in [6.07, 6.45) is 4.97. The van der Waals surface area contributed by atoms with E-state index in [1.807, 2.05) is 0 Å². The number of Topliss-reactive ketones (excluding diaryl/α,β-unsaturated/α-hetero) is 1. The average Bonchev–Trinajstić information content (AvgIpc) is 2.89. The number of nitrogens with zero attached hydrogens (tertiary/aromatic N) is 1. The SMILES string of the molecule is C#CCN1C(=O)[C@@](O)(CC(=O)c2ccc3c(c2)OCCO3)c2cc(Br)ccc21. The molecule has 2 aromatic carbocycles. The van der Waals surface area contributed by atoms with Crippen molar-refractivity contribution in [3.8, 4) is 23.8 Å². The predicted molar refractivity (Wildman–Crippen MR) is 106 cm³/mol. The maximum Gasteiger partial charge on any atom is 0.265 e. The Morgan fingerprint density at radius 1 is 1.21 bits per heavy atom. The Kier molecular flexibility index (Phi) is 4.61. The van der Waals surface area contributed by atoms with Gasteiger partial charge in [0.25, 0.3) is 5.91 Å². The number of carbonyl (C=O) groups excluding carboxylic acids is 2. The van der Waals surface area contributed by atoms with E-state index in [2.05, 4.69) is 21.9 Å². The lowest BCUT2D eigenvalue weighted by atomic mass is 9.88. The highest BCUT2D eigenvalue weighted by atomic mass is 79.9. The molecular weight excluding hydrogens is 426 g/mol. The Labute approximate surface area is 170 Å². The monoisotopic (exact) mass is 441 g/mol. The number of aliphatic hydroxyl groups is 1. The number of halogens is 1. The minimum Gasteiger partial charge on any atom is -0.486 e. The van der Waals surface area contributed by atoms with Gasteiger partial charge in [0, 0.05) is 15.6 Å². The molecule has 0 saturated heterocycles. The molecule has 7 heteroatoms. The summed E-state index contributed by atoms with van der Waals surface area (Å²) >= 11 is 3.35. The maximum atomic E-state index is 13.0. The van der Waals surface area contributed by atoms with Crippen molar-refractivity contribution in [2.75, 3.05) is 24.7 Å². The van der Waals surface area contributed by atoms with E-state index in [0.29, 0.717) is 46.0 Å². The molecule has 1 atom stereocenters. The van der Waals surface area contributed by atoms with Crippen LogP contribution in [0.2, 0.25) is 0 Å². The number of rotatable bonds is 4. The number of benzene rings is 2. The molecule has 2 heterocycles. The van der Waals surface area contributed by atoms with Crippen molar-refractivity contribution >= 4 is 33.3 Å². The summed E-state index contributed by atoms with van der Waals surface area (Å²) in [7, 11) is 0. The molecule has 0 saturated carbocycles. The van der Waals surface area contributed by atoms with Gasteiger partial charge in [0.05, 0.1) is 18.7 Å². The van der Waals surface area contributed by atoms with Gasteiger partial charge in [-0.1, -0.05) is 21.9 Å². The van der Waals surface area contributed by atoms with E-state index in [1.54, 1.807) is 36.4 Å². The van der Waals surface area contributed by atoms with E-state index in [1.165, 1.54) is 4.90 Å². The second-order valence-electron chi connectivity index (χ2n) is 6.58. The van der Waals surface area contributed by atoms with E-state index in [9.17, 15) is 14.7 Å². The average molecular weight is 442 g/mol. The first-order chi connectivity index (χ1) is 13.4. The van der Waals surface area contributed by atoms with Crippen LogP contribution in [0.5, 0.6) is 11.5 Å². The number of anilines is 1. The van der Waals surface area contributed by atoms with Crippen molar-refractivity contribution in [2.24, 2.45) is 0 Å². The van der Waals surface area contributed by atoms with E-state index in [4.69, 9.17) is 15.9 Å². The largest absolute Gasteiger partial charge is 0.486 e. The first-order valence-corrected chi connectivity index (χ1v) is 9.44. The standard InChI is InChI=1S/C21H16BrNO5/c1-2-7-23-16-5-4-14(22)11-15(16)21(26,20(23)25)12-17(24)13-3-6-18-19(10-13)28-9-8-27-18/h1,3-6,10-11,26H,7-9,12H2/t21-/m1/s1. The van der Waals surface area contributed by atoms with Gasteiger partial charge in [-0.15, -0.1) is 6.42 Å². The van der Waals surface area contributed by atoms with E-state index in [-0.39, 0.29) is 12.3 Å². The van der Waals surface area contributed by atoms with Crippen LogP contribution in [0, 0.1) is 12.3 Å². The minimum atomic E-state index is -1.99. The summed E-state index contributed by atoms with van der Waals surface area (Å²) in [5, 5.41) is 11.2. The van der Waals surface area contributed by atoms with E-state index in [0.717, 1.165) is 0 Å². The molecule has 0 unspecified atom stereocenters. The number of hydrogen-bond acceptors (Lipinski definition) is 5. The van der Waals surface area contributed by atoms with Crippen molar-refractivity contribution in [1.82, 2.24) is 0 Å². The summed E-state index contributed by atoms with van der Waals surface area (Å²) in [4.78, 5) is 27.2. The number of hydrogen-bond donors (Lipinski definition) is 1. The van der Waals surface area contributed by atoms with Crippen LogP contribution in [0.15, 0.2) is 40.9 Å². The van der Waals surface area contributed by atoms with Crippen LogP contribution in [0.4, 0.5) is 5.69 Å². The highest BCUT2D eigenvalue weighted by molar-refractivity contribution is 9.10. The van der Waals surface area contributed by atoms with Gasteiger partial charge in [0.2, 0.25) is 0 Å². The number of fused-ring (bicyclic) bond motifs is 2. The van der Waals surface area contributed by atoms with Gasteiger partial charge in [0.15, 0.2) is 22.9 Å². The van der Waals surface area contributed by atoms with Crippen molar-refractivity contribution in [1.29, 1.82) is 0 Å². The van der Waals surface area contributed by atoms with Gasteiger partial charge in [-0.2, -0.15) is 0 Å². The molecule has 2 aliphatic heterocycles. The Bertz CT molecular complexity index is 1030. The molecular formula is C21H16BrNO5. The quantitative estimate of drug-likeness (QED) is 0.582. The Morgan fingerprint density at radius 2 is 1.96 bits per heavy atom. The number of carbonyl (C=O) groups is 2. The zero-order valence-corrected chi connectivity index (χ0v) is 16.4. The number of terminal acetylenes is 1. The Hall–Kier alpha value is -2.82. The molecule has 142 valence electrons. The number of ketones is 1. The molecule has 0 aromatic heterocycles. The summed E-state index contributed by atoms with van der Waals surface area (Å²) in [5.74, 6) is 2.46. The lowest BCUT2D eigenvalue weighted by molar-refractivity contribution is -0.135. The van der Waals surface area contributed by atoms with E-state index >= 15 is 0 Å². The van der Waals surface area contributed by atoms with Crippen LogP contribution in [0.1, 0.15) is 22.3 Å². The summed E-state index contributed by atoms with van der Waals surface area (Å²) in [6, 6.07) is 9.91. The third-order valence-electron chi connectivity index (χ3n) is 4.82. The molecule has 1 N–H and O–H groups in total. The van der Waals surface area contributed by atoms with Crippen LogP contribution < -0.4 is 14.4 Å². The topological polar surface area (TPSA) is 76.1 Å². The number of amides is 1. The molecule has 0 fully saturated rings. The summed E-state index contributed by atoms with van der Waals surface area (Å²) in [6.45, 7) is 0.856. The lowest BCUT2D eigenvalue weighted by Gasteiger charge is -2.22. The van der Waals surface area contributed by atoms with E-state index < -0.39 is 17.9 Å². The first kappa shape index (κ1) is 18.5. The molecule has 0 spiro atoms. The fourth-order valence-electron chi connectivity index (χ4n) is 3.49. The number of ether oxygens (including phenoxy) is 2. The van der Waals surface area contributed by atoms with Crippen LogP contribution in [-0.4, -0.2) is 36.6 Å². The van der Waals surface area contributed by atoms with Gasteiger partial charge < -0.3 is 14.6 Å². The molecule has 0 radical (unpaired) electrons. The zero-order chi connectivity index (χ0) is 19.9. The summed E-state index contributed by atoms with van der Waals surface area (Å²) < 4.78 is 11.7. The normalized spacial score (nSPS) is 19.9. The zero-order valence-electron chi connectivity index (χ0n) is 14.8. The van der Waals surface area contributed by atoms with Gasteiger partial charge in [0.1, 0.15) is 13.2 Å². The van der Waals surface area contributed by atoms with Gasteiger partial charge in [-0.05, 0) is 36.4 Å². The predicted octanol–water partition coefficient (Wildman–Crippen LogP) is 2.66. The summed E-state index contributed by atoms with van der Waals surface area (Å²) in [5.41, 5.74) is -0.797. The minimum absolute atomic E-state index is 0.00793. The molecule has 2 aromatic rings. The third kappa shape index (κ3) is 2.95. The molecule has 4 rings (SSSR count). The first-order valence-electron chi connectivity index (χ1n) is 8.65. The second-order valence-corrected chi connectivity index (χ2v) is 7.49. The maximum absolute atomic E-state index is 13.0. The van der Waals surface area contributed by atoms with Crippen molar-refractivity contribution in [3.05, 3.63) is 52.0 Å². The van der Waals surface area contributed by atoms with Gasteiger partial charge >= 0.3 is 0 Å². The molecule has 1 amide bonds. The molecule has 2 aliphatic rings. The highest BCUT2D eigenvalue weighted by Gasteiger charge is 2.50. The van der Waals surface area contributed by atoms with Crippen LogP contribution >= 0.6 is 15.9 Å². The highest BCUT2D eigenvalue weighted by Crippen LogP contribution is 2.44. The molecule has 6 nitrogen and oxygen atoms in total. The fourth-order valence-corrected chi connectivity index (χ4v) is 3.85. The van der Waals surface area contributed by atoms with Crippen molar-refractivity contribution in [3.63, 3.8) is 0 Å². The third-order valence-corrected chi connectivity index (χ3v) is 5.32.